The molecule has 0 aliphatic carbocycles. The maximum absolute atomic E-state index is 12.9. The number of piperidine rings is 2. The standard InChI is InChI=1S/C14H29N3O2S/c1-12-6-7-13(2)17(10-12)20(18,19)16-8-4-5-14(11-16)9-15-3/h12-15H,4-11H2,1-3H3. The predicted octanol–water partition coefficient (Wildman–Crippen LogP) is 1.28. The molecule has 1 N–H and O–H groups in total. The average Bonchev–Trinajstić information content (AvgIpc) is 2.42. The smallest absolute Gasteiger partial charge is 0.282 e. The first kappa shape index (κ1) is 16.2. The highest BCUT2D eigenvalue weighted by molar-refractivity contribution is 7.86. The number of rotatable bonds is 4. The monoisotopic (exact) mass is 303 g/mol. The molecule has 0 radical (unpaired) electrons. The van der Waals surface area contributed by atoms with E-state index in [0.717, 1.165) is 32.2 Å². The van der Waals surface area contributed by atoms with Crippen molar-refractivity contribution in [3.63, 3.8) is 0 Å². The van der Waals surface area contributed by atoms with Crippen molar-refractivity contribution in [2.75, 3.05) is 33.2 Å². The van der Waals surface area contributed by atoms with Gasteiger partial charge in [-0.15, -0.1) is 0 Å². The Kier molecular flexibility index (Phi) is 5.45. The zero-order valence-electron chi connectivity index (χ0n) is 13.0. The van der Waals surface area contributed by atoms with Gasteiger partial charge in [-0.05, 0) is 58.0 Å². The molecule has 3 atom stereocenters. The van der Waals surface area contributed by atoms with Gasteiger partial charge in [0.1, 0.15) is 0 Å². The Labute approximate surface area is 123 Å². The van der Waals surface area contributed by atoms with Crippen LogP contribution in [0.1, 0.15) is 39.5 Å². The van der Waals surface area contributed by atoms with Crippen LogP contribution < -0.4 is 5.32 Å². The fourth-order valence-electron chi connectivity index (χ4n) is 3.41. The third kappa shape index (κ3) is 3.53. The van der Waals surface area contributed by atoms with Crippen LogP contribution >= 0.6 is 0 Å². The van der Waals surface area contributed by atoms with Gasteiger partial charge in [-0.1, -0.05) is 6.92 Å². The fraction of sp³-hybridized carbons (Fsp3) is 1.00. The lowest BCUT2D eigenvalue weighted by atomic mass is 9.97. The molecular formula is C14H29N3O2S. The minimum atomic E-state index is -3.28. The second-order valence-corrected chi connectivity index (χ2v) is 8.41. The highest BCUT2D eigenvalue weighted by Gasteiger charge is 2.38. The minimum absolute atomic E-state index is 0.140. The molecule has 3 unspecified atom stereocenters. The summed E-state index contributed by atoms with van der Waals surface area (Å²) in [7, 11) is -1.35. The van der Waals surface area contributed by atoms with Gasteiger partial charge in [0, 0.05) is 25.7 Å². The summed E-state index contributed by atoms with van der Waals surface area (Å²) >= 11 is 0. The molecule has 2 saturated heterocycles. The van der Waals surface area contributed by atoms with E-state index in [1.807, 2.05) is 14.0 Å². The van der Waals surface area contributed by atoms with Crippen molar-refractivity contribution in [3.8, 4) is 0 Å². The Morgan fingerprint density at radius 1 is 1.15 bits per heavy atom. The summed E-state index contributed by atoms with van der Waals surface area (Å²) in [6, 6.07) is 0.140. The van der Waals surface area contributed by atoms with Crippen molar-refractivity contribution in [2.45, 2.75) is 45.6 Å². The Bertz CT molecular complexity index is 411. The van der Waals surface area contributed by atoms with Gasteiger partial charge < -0.3 is 5.32 Å². The van der Waals surface area contributed by atoms with Crippen LogP contribution in [-0.2, 0) is 10.2 Å². The van der Waals surface area contributed by atoms with Gasteiger partial charge >= 0.3 is 0 Å². The number of nitrogens with zero attached hydrogens (tertiary/aromatic N) is 2. The maximum Gasteiger partial charge on any atom is 0.282 e. The van der Waals surface area contributed by atoms with Crippen molar-refractivity contribution >= 4 is 10.2 Å². The molecule has 0 spiro atoms. The van der Waals surface area contributed by atoms with Gasteiger partial charge in [-0.3, -0.25) is 0 Å². The van der Waals surface area contributed by atoms with Crippen LogP contribution in [0.5, 0.6) is 0 Å². The Hall–Kier alpha value is -0.170. The molecule has 5 nitrogen and oxygen atoms in total. The quantitative estimate of drug-likeness (QED) is 0.851. The number of nitrogens with one attached hydrogen (secondary N) is 1. The lowest BCUT2D eigenvalue weighted by Gasteiger charge is -2.41. The zero-order valence-corrected chi connectivity index (χ0v) is 13.8. The molecule has 118 valence electrons. The molecule has 20 heavy (non-hydrogen) atoms. The first-order valence-electron chi connectivity index (χ1n) is 7.86. The van der Waals surface area contributed by atoms with Crippen molar-refractivity contribution in [2.24, 2.45) is 11.8 Å². The highest BCUT2D eigenvalue weighted by atomic mass is 32.2. The normalized spacial score (nSPS) is 34.2. The molecular weight excluding hydrogens is 274 g/mol. The number of hydrogen-bond donors (Lipinski definition) is 1. The third-order valence-corrected chi connectivity index (χ3v) is 6.74. The van der Waals surface area contributed by atoms with E-state index in [9.17, 15) is 8.42 Å². The summed E-state index contributed by atoms with van der Waals surface area (Å²) in [6.07, 6.45) is 4.21. The summed E-state index contributed by atoms with van der Waals surface area (Å²) in [4.78, 5) is 0. The van der Waals surface area contributed by atoms with Gasteiger partial charge in [0.2, 0.25) is 0 Å². The Morgan fingerprint density at radius 2 is 1.90 bits per heavy atom. The van der Waals surface area contributed by atoms with Crippen LogP contribution in [0.2, 0.25) is 0 Å². The summed E-state index contributed by atoms with van der Waals surface area (Å²) in [5, 5.41) is 3.17. The SMILES string of the molecule is CNCC1CCCN(S(=O)(=O)N2CC(C)CCC2C)C1. The molecule has 2 heterocycles. The van der Waals surface area contributed by atoms with Crippen LogP contribution in [-0.4, -0.2) is 56.3 Å². The number of hydrogen-bond acceptors (Lipinski definition) is 3. The summed E-state index contributed by atoms with van der Waals surface area (Å²) in [5.41, 5.74) is 0. The molecule has 0 bridgehead atoms. The molecule has 2 fully saturated rings. The van der Waals surface area contributed by atoms with E-state index in [1.54, 1.807) is 8.61 Å². The molecule has 2 rings (SSSR count). The summed E-state index contributed by atoms with van der Waals surface area (Å²) < 4.78 is 29.2. The maximum atomic E-state index is 12.9. The minimum Gasteiger partial charge on any atom is -0.319 e. The van der Waals surface area contributed by atoms with Gasteiger partial charge in [0.05, 0.1) is 0 Å². The van der Waals surface area contributed by atoms with Crippen LogP contribution in [0, 0.1) is 11.8 Å². The van der Waals surface area contributed by atoms with Gasteiger partial charge in [-0.2, -0.15) is 17.0 Å². The van der Waals surface area contributed by atoms with Crippen molar-refractivity contribution in [1.29, 1.82) is 0 Å². The lowest BCUT2D eigenvalue weighted by molar-refractivity contribution is 0.186. The molecule has 0 aromatic rings. The van der Waals surface area contributed by atoms with Crippen LogP contribution in [0.3, 0.4) is 0 Å². The van der Waals surface area contributed by atoms with Crippen molar-refractivity contribution in [1.82, 2.24) is 13.9 Å². The first-order valence-corrected chi connectivity index (χ1v) is 9.26. The molecule has 0 saturated carbocycles. The second kappa shape index (κ2) is 6.73. The Balaban J connectivity index is 2.08. The van der Waals surface area contributed by atoms with E-state index >= 15 is 0 Å². The van der Waals surface area contributed by atoms with E-state index in [0.29, 0.717) is 31.5 Å². The average molecular weight is 303 g/mol. The van der Waals surface area contributed by atoms with Crippen molar-refractivity contribution < 1.29 is 8.42 Å². The van der Waals surface area contributed by atoms with Crippen LogP contribution in [0.4, 0.5) is 0 Å². The van der Waals surface area contributed by atoms with E-state index in [-0.39, 0.29) is 6.04 Å². The highest BCUT2D eigenvalue weighted by Crippen LogP contribution is 2.28. The zero-order chi connectivity index (χ0) is 14.8. The van der Waals surface area contributed by atoms with Crippen LogP contribution in [0.15, 0.2) is 0 Å². The second-order valence-electron chi connectivity index (χ2n) is 6.53. The van der Waals surface area contributed by atoms with E-state index < -0.39 is 10.2 Å². The van der Waals surface area contributed by atoms with Gasteiger partial charge in [0.25, 0.3) is 10.2 Å². The molecule has 6 heteroatoms. The van der Waals surface area contributed by atoms with E-state index in [4.69, 9.17) is 0 Å². The molecule has 0 aromatic heterocycles. The summed E-state index contributed by atoms with van der Waals surface area (Å²) in [6.45, 7) is 7.11. The largest absolute Gasteiger partial charge is 0.319 e. The summed E-state index contributed by atoms with van der Waals surface area (Å²) in [5.74, 6) is 0.917. The topological polar surface area (TPSA) is 52.7 Å². The first-order chi connectivity index (χ1) is 9.45. The molecule has 0 amide bonds. The fourth-order valence-corrected chi connectivity index (χ4v) is 5.47. The van der Waals surface area contributed by atoms with E-state index in [1.165, 1.54) is 0 Å². The van der Waals surface area contributed by atoms with E-state index in [2.05, 4.69) is 12.2 Å². The van der Waals surface area contributed by atoms with Crippen molar-refractivity contribution in [3.05, 3.63) is 0 Å². The van der Waals surface area contributed by atoms with Crippen LogP contribution in [0.25, 0.3) is 0 Å². The Morgan fingerprint density at radius 3 is 2.60 bits per heavy atom. The molecule has 2 aliphatic rings. The van der Waals surface area contributed by atoms with Gasteiger partial charge in [-0.25, -0.2) is 0 Å². The lowest BCUT2D eigenvalue weighted by Crippen LogP contribution is -2.54. The molecule has 0 aromatic carbocycles. The molecule has 2 aliphatic heterocycles. The third-order valence-electron chi connectivity index (χ3n) is 4.66. The predicted molar refractivity (Wildman–Crippen MR) is 81.7 cm³/mol. The van der Waals surface area contributed by atoms with Gasteiger partial charge in [0.15, 0.2) is 0 Å².